The van der Waals surface area contributed by atoms with Gasteiger partial charge >= 0.3 is 0 Å². The Morgan fingerprint density at radius 1 is 1.07 bits per heavy atom. The molecule has 0 aliphatic carbocycles. The fourth-order valence-electron chi connectivity index (χ4n) is 2.71. The van der Waals surface area contributed by atoms with Crippen LogP contribution in [0.3, 0.4) is 0 Å². The van der Waals surface area contributed by atoms with Crippen LogP contribution in [-0.4, -0.2) is 36.1 Å². The van der Waals surface area contributed by atoms with Crippen molar-refractivity contribution in [1.82, 2.24) is 10.6 Å². The van der Waals surface area contributed by atoms with Crippen LogP contribution in [0.4, 0.5) is 0 Å². The SMILES string of the molecule is CN=C(NCCS(=O)Cc1ccccc1)NC(C)c1ccc(OCC(C)C)cc1. The fourth-order valence-corrected chi connectivity index (χ4v) is 3.75. The second-order valence-corrected chi connectivity index (χ2v) is 8.99. The van der Waals surface area contributed by atoms with Crippen LogP contribution in [0.25, 0.3) is 0 Å². The van der Waals surface area contributed by atoms with Crippen LogP contribution in [0.15, 0.2) is 59.6 Å². The first-order valence-corrected chi connectivity index (χ1v) is 11.6. The zero-order valence-electron chi connectivity index (χ0n) is 17.9. The Morgan fingerprint density at radius 2 is 1.76 bits per heavy atom. The molecule has 0 aliphatic heterocycles. The first-order valence-electron chi connectivity index (χ1n) is 10.1. The summed E-state index contributed by atoms with van der Waals surface area (Å²) in [4.78, 5) is 4.27. The average molecular weight is 416 g/mol. The van der Waals surface area contributed by atoms with E-state index in [9.17, 15) is 4.21 Å². The Morgan fingerprint density at radius 3 is 2.38 bits per heavy atom. The number of rotatable bonds is 10. The maximum absolute atomic E-state index is 12.3. The molecule has 0 bridgehead atoms. The first-order chi connectivity index (χ1) is 14.0. The summed E-state index contributed by atoms with van der Waals surface area (Å²) in [6, 6.07) is 18.1. The van der Waals surface area contributed by atoms with Gasteiger partial charge in [-0.15, -0.1) is 0 Å². The maximum Gasteiger partial charge on any atom is 0.191 e. The molecule has 5 nitrogen and oxygen atoms in total. The van der Waals surface area contributed by atoms with Gasteiger partial charge in [-0.25, -0.2) is 0 Å². The highest BCUT2D eigenvalue weighted by Gasteiger charge is 2.09. The van der Waals surface area contributed by atoms with E-state index in [1.807, 2.05) is 42.5 Å². The van der Waals surface area contributed by atoms with Crippen molar-refractivity contribution >= 4 is 16.8 Å². The van der Waals surface area contributed by atoms with Crippen LogP contribution in [0, 0.1) is 5.92 Å². The van der Waals surface area contributed by atoms with Gasteiger partial charge in [0.1, 0.15) is 5.75 Å². The van der Waals surface area contributed by atoms with Crippen molar-refractivity contribution in [1.29, 1.82) is 0 Å². The molecule has 2 rings (SSSR count). The third-order valence-corrected chi connectivity index (χ3v) is 5.65. The molecule has 6 heteroatoms. The zero-order valence-corrected chi connectivity index (χ0v) is 18.7. The van der Waals surface area contributed by atoms with E-state index in [0.29, 0.717) is 29.9 Å². The van der Waals surface area contributed by atoms with Gasteiger partial charge in [0.05, 0.1) is 12.6 Å². The van der Waals surface area contributed by atoms with Gasteiger partial charge in [0, 0.05) is 35.9 Å². The highest BCUT2D eigenvalue weighted by atomic mass is 32.2. The minimum atomic E-state index is -0.906. The molecule has 0 fully saturated rings. The molecule has 0 spiro atoms. The molecule has 2 aromatic rings. The lowest BCUT2D eigenvalue weighted by Crippen LogP contribution is -2.40. The molecular weight excluding hydrogens is 382 g/mol. The molecule has 0 amide bonds. The van der Waals surface area contributed by atoms with E-state index in [4.69, 9.17) is 4.74 Å². The molecule has 2 N–H and O–H groups in total. The van der Waals surface area contributed by atoms with Crippen LogP contribution in [0.5, 0.6) is 5.75 Å². The summed E-state index contributed by atoms with van der Waals surface area (Å²) in [5, 5.41) is 6.63. The quantitative estimate of drug-likeness (QED) is 0.456. The Balaban J connectivity index is 1.76. The number of guanidine groups is 1. The molecule has 0 radical (unpaired) electrons. The van der Waals surface area contributed by atoms with E-state index in [-0.39, 0.29) is 6.04 Å². The number of hydrogen-bond donors (Lipinski definition) is 2. The van der Waals surface area contributed by atoms with Gasteiger partial charge in [-0.1, -0.05) is 56.3 Å². The number of nitrogens with zero attached hydrogens (tertiary/aromatic N) is 1. The summed E-state index contributed by atoms with van der Waals surface area (Å²) in [6.45, 7) is 7.68. The molecular formula is C23H33N3O2S. The minimum absolute atomic E-state index is 0.0927. The number of aliphatic imine (C=N–C) groups is 1. The van der Waals surface area contributed by atoms with Gasteiger partial charge < -0.3 is 15.4 Å². The first kappa shape index (κ1) is 22.9. The molecule has 0 saturated carbocycles. The summed E-state index contributed by atoms with van der Waals surface area (Å²) in [5.41, 5.74) is 2.25. The second kappa shape index (κ2) is 12.3. The standard InChI is InChI=1S/C23H33N3O2S/c1-18(2)16-28-22-12-10-21(11-13-22)19(3)26-23(24-4)25-14-15-29(27)17-20-8-6-5-7-9-20/h5-13,18-19H,14-17H2,1-4H3,(H2,24,25,26). The van der Waals surface area contributed by atoms with Crippen LogP contribution < -0.4 is 15.4 Å². The van der Waals surface area contributed by atoms with E-state index in [2.05, 4.69) is 48.5 Å². The maximum atomic E-state index is 12.3. The Bertz CT molecular complexity index is 776. The van der Waals surface area contributed by atoms with Gasteiger partial charge in [-0.2, -0.15) is 0 Å². The normalized spacial score (nSPS) is 13.8. The van der Waals surface area contributed by atoms with Crippen molar-refractivity contribution in [3.63, 3.8) is 0 Å². The number of nitrogens with one attached hydrogen (secondary N) is 2. The van der Waals surface area contributed by atoms with Gasteiger partial charge in [0.25, 0.3) is 0 Å². The van der Waals surface area contributed by atoms with E-state index in [1.165, 1.54) is 0 Å². The van der Waals surface area contributed by atoms with Gasteiger partial charge in [0.15, 0.2) is 5.96 Å². The highest BCUT2D eigenvalue weighted by Crippen LogP contribution is 2.18. The Hall–Kier alpha value is -2.34. The molecule has 0 aliphatic rings. The average Bonchev–Trinajstić information content (AvgIpc) is 2.72. The van der Waals surface area contributed by atoms with Gasteiger partial charge in [-0.05, 0) is 36.1 Å². The van der Waals surface area contributed by atoms with Crippen LogP contribution in [0.2, 0.25) is 0 Å². The summed E-state index contributed by atoms with van der Waals surface area (Å²) in [5.74, 6) is 3.25. The molecule has 0 heterocycles. The number of ether oxygens (including phenoxy) is 1. The Kier molecular flexibility index (Phi) is 9.71. The second-order valence-electron chi connectivity index (χ2n) is 7.41. The van der Waals surface area contributed by atoms with Crippen molar-refractivity contribution in [2.75, 3.05) is 26.0 Å². The summed E-state index contributed by atoms with van der Waals surface area (Å²) < 4.78 is 18.0. The third kappa shape index (κ3) is 8.69. The third-order valence-electron chi connectivity index (χ3n) is 4.33. The largest absolute Gasteiger partial charge is 0.493 e. The Labute approximate surface area is 177 Å². The predicted octanol–water partition coefficient (Wildman–Crippen LogP) is 3.90. The lowest BCUT2D eigenvalue weighted by molar-refractivity contribution is 0.271. The van der Waals surface area contributed by atoms with Crippen LogP contribution in [-0.2, 0) is 16.6 Å². The summed E-state index contributed by atoms with van der Waals surface area (Å²) >= 11 is 0. The van der Waals surface area contributed by atoms with Crippen LogP contribution in [0.1, 0.15) is 37.9 Å². The minimum Gasteiger partial charge on any atom is -0.493 e. The topological polar surface area (TPSA) is 62.7 Å². The zero-order chi connectivity index (χ0) is 21.1. The smallest absolute Gasteiger partial charge is 0.191 e. The van der Waals surface area contributed by atoms with E-state index in [1.54, 1.807) is 7.05 Å². The van der Waals surface area contributed by atoms with E-state index in [0.717, 1.165) is 23.5 Å². The number of hydrogen-bond acceptors (Lipinski definition) is 3. The monoisotopic (exact) mass is 415 g/mol. The van der Waals surface area contributed by atoms with Crippen molar-refractivity contribution in [2.24, 2.45) is 10.9 Å². The molecule has 0 saturated heterocycles. The molecule has 2 unspecified atom stereocenters. The van der Waals surface area contributed by atoms with Gasteiger partial charge in [-0.3, -0.25) is 9.20 Å². The van der Waals surface area contributed by atoms with Crippen LogP contribution >= 0.6 is 0 Å². The van der Waals surface area contributed by atoms with Crippen molar-refractivity contribution in [3.05, 3.63) is 65.7 Å². The van der Waals surface area contributed by atoms with Crippen molar-refractivity contribution < 1.29 is 8.95 Å². The van der Waals surface area contributed by atoms with Crippen molar-refractivity contribution in [3.8, 4) is 5.75 Å². The number of benzene rings is 2. The highest BCUT2D eigenvalue weighted by molar-refractivity contribution is 7.84. The molecule has 2 atom stereocenters. The summed E-state index contributed by atoms with van der Waals surface area (Å²) in [6.07, 6.45) is 0. The molecule has 2 aromatic carbocycles. The fraction of sp³-hybridized carbons (Fsp3) is 0.435. The van der Waals surface area contributed by atoms with Gasteiger partial charge in [0.2, 0.25) is 0 Å². The van der Waals surface area contributed by atoms with E-state index >= 15 is 0 Å². The lowest BCUT2D eigenvalue weighted by atomic mass is 10.1. The lowest BCUT2D eigenvalue weighted by Gasteiger charge is -2.19. The predicted molar refractivity (Wildman–Crippen MR) is 123 cm³/mol. The summed E-state index contributed by atoms with van der Waals surface area (Å²) in [7, 11) is 0.836. The molecule has 29 heavy (non-hydrogen) atoms. The molecule has 158 valence electrons. The van der Waals surface area contributed by atoms with E-state index < -0.39 is 10.8 Å². The molecule has 0 aromatic heterocycles. The van der Waals surface area contributed by atoms with Crippen molar-refractivity contribution in [2.45, 2.75) is 32.6 Å².